The van der Waals surface area contributed by atoms with Crippen LogP contribution in [0.15, 0.2) is 41.0 Å². The van der Waals surface area contributed by atoms with Crippen molar-refractivity contribution in [2.45, 2.75) is 89.7 Å². The highest BCUT2D eigenvalue weighted by Gasteiger charge is 2.36. The Morgan fingerprint density at radius 3 is 2.46 bits per heavy atom. The highest BCUT2D eigenvalue weighted by molar-refractivity contribution is 6.02. The molecule has 0 spiro atoms. The van der Waals surface area contributed by atoms with E-state index >= 15 is 0 Å². The van der Waals surface area contributed by atoms with Crippen LogP contribution in [0.4, 0.5) is 13.6 Å². The van der Waals surface area contributed by atoms with E-state index in [2.05, 4.69) is 15.5 Å². The van der Waals surface area contributed by atoms with E-state index in [9.17, 15) is 18.4 Å². The zero-order valence-corrected chi connectivity index (χ0v) is 26.4. The summed E-state index contributed by atoms with van der Waals surface area (Å²) in [5, 5.41) is 6.41. The zero-order chi connectivity index (χ0) is 32.4. The summed E-state index contributed by atoms with van der Waals surface area (Å²) in [5.74, 6) is -0.0527. The molecule has 10 nitrogen and oxygen atoms in total. The van der Waals surface area contributed by atoms with E-state index < -0.39 is 24.2 Å². The molecule has 3 aliphatic rings. The van der Waals surface area contributed by atoms with E-state index in [1.54, 1.807) is 32.9 Å². The highest BCUT2D eigenvalue weighted by Crippen LogP contribution is 2.42. The first-order valence-electron chi connectivity index (χ1n) is 16.0. The SMILES string of the molecule is CC(C)(C)OC(=O)NC1CC(Oc2cc(-c3coc4cc(OCCN5CCCC5)ccc34)cc(OC(F)F)c2C(=O)NC2CC2)C1. The number of fused-ring (bicyclic) bond motifs is 1. The van der Waals surface area contributed by atoms with E-state index in [-0.39, 0.29) is 35.3 Å². The minimum Gasteiger partial charge on any atom is -0.492 e. The summed E-state index contributed by atoms with van der Waals surface area (Å²) in [6.45, 7) is 5.80. The molecule has 12 heteroatoms. The Labute approximate surface area is 266 Å². The Bertz CT molecular complexity index is 1550. The van der Waals surface area contributed by atoms with Crippen LogP contribution in [0.5, 0.6) is 17.2 Å². The molecule has 0 unspecified atom stereocenters. The second kappa shape index (κ2) is 13.4. The Hall–Kier alpha value is -4.06. The maximum Gasteiger partial charge on any atom is 0.407 e. The molecule has 1 saturated heterocycles. The molecule has 0 bridgehead atoms. The van der Waals surface area contributed by atoms with Crippen LogP contribution >= 0.6 is 0 Å². The van der Waals surface area contributed by atoms with Crippen LogP contribution in [0, 0.1) is 0 Å². The van der Waals surface area contributed by atoms with Crippen molar-refractivity contribution in [1.82, 2.24) is 15.5 Å². The van der Waals surface area contributed by atoms with Gasteiger partial charge in [-0.25, -0.2) is 4.79 Å². The lowest BCUT2D eigenvalue weighted by Crippen LogP contribution is -2.50. The number of benzene rings is 2. The molecular formula is C34H41F2N3O7. The van der Waals surface area contributed by atoms with Crippen LogP contribution in [-0.2, 0) is 4.74 Å². The fourth-order valence-corrected chi connectivity index (χ4v) is 5.79. The molecule has 0 atom stereocenters. The molecule has 2 aliphatic carbocycles. The van der Waals surface area contributed by atoms with Gasteiger partial charge >= 0.3 is 12.7 Å². The van der Waals surface area contributed by atoms with Crippen molar-refractivity contribution in [2.75, 3.05) is 26.2 Å². The number of alkyl halides is 2. The number of hydrogen-bond donors (Lipinski definition) is 2. The maximum atomic E-state index is 13.7. The van der Waals surface area contributed by atoms with Crippen molar-refractivity contribution in [1.29, 1.82) is 0 Å². The Morgan fingerprint density at radius 2 is 1.76 bits per heavy atom. The fraction of sp³-hybridized carbons (Fsp3) is 0.529. The molecule has 3 aromatic rings. The molecule has 248 valence electrons. The second-order valence-electron chi connectivity index (χ2n) is 13.2. The number of likely N-dealkylation sites (tertiary alicyclic amines) is 1. The van der Waals surface area contributed by atoms with Gasteiger partial charge in [-0.1, -0.05) is 0 Å². The number of nitrogens with zero attached hydrogens (tertiary/aromatic N) is 1. The quantitative estimate of drug-likeness (QED) is 0.231. The molecule has 2 aromatic carbocycles. The van der Waals surface area contributed by atoms with Crippen molar-refractivity contribution < 1.29 is 41.7 Å². The van der Waals surface area contributed by atoms with Gasteiger partial charge in [-0.2, -0.15) is 8.78 Å². The Morgan fingerprint density at radius 1 is 1.02 bits per heavy atom. The summed E-state index contributed by atoms with van der Waals surface area (Å²) in [6, 6.07) is 8.38. The van der Waals surface area contributed by atoms with Gasteiger partial charge in [0.2, 0.25) is 0 Å². The molecule has 6 rings (SSSR count). The molecule has 46 heavy (non-hydrogen) atoms. The molecular weight excluding hydrogens is 600 g/mol. The third kappa shape index (κ3) is 8.01. The zero-order valence-electron chi connectivity index (χ0n) is 26.4. The van der Waals surface area contributed by atoms with Gasteiger partial charge in [0.1, 0.15) is 46.7 Å². The van der Waals surface area contributed by atoms with Gasteiger partial charge in [0.25, 0.3) is 5.91 Å². The molecule has 1 aliphatic heterocycles. The molecule has 1 aromatic heterocycles. The first-order chi connectivity index (χ1) is 22.0. The predicted octanol–water partition coefficient (Wildman–Crippen LogP) is 6.50. The fourth-order valence-electron chi connectivity index (χ4n) is 5.79. The number of hydrogen-bond acceptors (Lipinski definition) is 8. The van der Waals surface area contributed by atoms with Gasteiger partial charge < -0.3 is 34.0 Å². The summed E-state index contributed by atoms with van der Waals surface area (Å²) in [7, 11) is 0. The number of nitrogens with one attached hydrogen (secondary N) is 2. The van der Waals surface area contributed by atoms with Gasteiger partial charge in [-0.3, -0.25) is 9.69 Å². The lowest BCUT2D eigenvalue weighted by Gasteiger charge is -2.36. The van der Waals surface area contributed by atoms with Crippen LogP contribution < -0.4 is 24.8 Å². The van der Waals surface area contributed by atoms with Gasteiger partial charge in [-0.05, 0) is 89.4 Å². The number of carbonyl (C=O) groups is 2. The van der Waals surface area contributed by atoms with Crippen molar-refractivity contribution in [2.24, 2.45) is 0 Å². The lowest BCUT2D eigenvalue weighted by molar-refractivity contribution is -0.0503. The minimum absolute atomic E-state index is 0.0184. The smallest absolute Gasteiger partial charge is 0.407 e. The number of halogens is 2. The summed E-state index contributed by atoms with van der Waals surface area (Å²) in [5.41, 5.74) is 0.945. The Balaban J connectivity index is 1.24. The number of furan rings is 1. The van der Waals surface area contributed by atoms with Gasteiger partial charge in [0.15, 0.2) is 0 Å². The standard InChI is InChI=1S/C34H41F2N3O7/c1-34(2,3)46-33(41)38-22-16-24(17-22)44-28-14-20(15-29(45-32(35)36)30(28)31(40)37-21-6-7-21)26-19-43-27-18-23(8-9-25(26)27)42-13-12-39-10-4-5-11-39/h8-9,14-15,18-19,21-22,24,32H,4-7,10-13,16-17H2,1-3H3,(H,37,40)(H,38,41). The second-order valence-corrected chi connectivity index (χ2v) is 13.2. The minimum atomic E-state index is -3.16. The van der Waals surface area contributed by atoms with E-state index in [0.717, 1.165) is 37.9 Å². The Kier molecular flexibility index (Phi) is 9.26. The van der Waals surface area contributed by atoms with Crippen LogP contribution in [0.3, 0.4) is 0 Å². The molecule has 0 radical (unpaired) electrons. The topological polar surface area (TPSA) is 112 Å². The van der Waals surface area contributed by atoms with Crippen molar-refractivity contribution in [3.63, 3.8) is 0 Å². The summed E-state index contributed by atoms with van der Waals surface area (Å²) >= 11 is 0. The first-order valence-corrected chi connectivity index (χ1v) is 16.0. The number of amides is 2. The summed E-state index contributed by atoms with van der Waals surface area (Å²) in [6.07, 6.45) is 5.62. The largest absolute Gasteiger partial charge is 0.492 e. The van der Waals surface area contributed by atoms with Gasteiger partial charge in [0.05, 0.1) is 6.26 Å². The van der Waals surface area contributed by atoms with Crippen molar-refractivity contribution in [3.05, 3.63) is 42.2 Å². The number of rotatable bonds is 12. The lowest BCUT2D eigenvalue weighted by atomic mass is 9.89. The predicted molar refractivity (Wildman–Crippen MR) is 167 cm³/mol. The average molecular weight is 642 g/mol. The van der Waals surface area contributed by atoms with E-state index in [1.807, 2.05) is 12.1 Å². The molecule has 2 amide bonds. The number of ether oxygens (including phenoxy) is 4. The van der Waals surface area contributed by atoms with Crippen LogP contribution in [0.2, 0.25) is 0 Å². The van der Waals surface area contributed by atoms with Crippen LogP contribution in [0.25, 0.3) is 22.1 Å². The van der Waals surface area contributed by atoms with Crippen molar-refractivity contribution in [3.8, 4) is 28.4 Å². The summed E-state index contributed by atoms with van der Waals surface area (Å²) < 4.78 is 55.7. The van der Waals surface area contributed by atoms with Crippen LogP contribution in [0.1, 0.15) is 69.7 Å². The summed E-state index contributed by atoms with van der Waals surface area (Å²) in [4.78, 5) is 27.9. The third-order valence-electron chi connectivity index (χ3n) is 8.26. The molecule has 2 saturated carbocycles. The monoisotopic (exact) mass is 641 g/mol. The maximum absolute atomic E-state index is 13.7. The first kappa shape index (κ1) is 31.9. The molecule has 3 fully saturated rings. The van der Waals surface area contributed by atoms with E-state index in [1.165, 1.54) is 25.2 Å². The highest BCUT2D eigenvalue weighted by atomic mass is 19.3. The number of alkyl carbamates (subject to hydrolysis) is 1. The van der Waals surface area contributed by atoms with Crippen LogP contribution in [-0.4, -0.2) is 73.5 Å². The third-order valence-corrected chi connectivity index (χ3v) is 8.26. The number of carbonyl (C=O) groups excluding carboxylic acids is 2. The molecule has 2 heterocycles. The van der Waals surface area contributed by atoms with E-state index in [4.69, 9.17) is 23.4 Å². The average Bonchev–Trinajstić information content (AvgIpc) is 3.43. The normalized spacial score (nSPS) is 20.0. The van der Waals surface area contributed by atoms with Crippen molar-refractivity contribution >= 4 is 23.0 Å². The molecule has 2 N–H and O–H groups in total. The van der Waals surface area contributed by atoms with Gasteiger partial charge in [0, 0.05) is 48.5 Å². The van der Waals surface area contributed by atoms with Gasteiger partial charge in [-0.15, -0.1) is 0 Å². The van der Waals surface area contributed by atoms with E-state index in [0.29, 0.717) is 41.9 Å².